The number of hydrogen-bond donors (Lipinski definition) is 1. The lowest BCUT2D eigenvalue weighted by atomic mass is 10.0. The van der Waals surface area contributed by atoms with Gasteiger partial charge in [-0.2, -0.15) is 13.5 Å². The fraction of sp³-hybridized carbons (Fsp3) is 0.0833. The van der Waals surface area contributed by atoms with E-state index in [0.29, 0.717) is 0 Å². The van der Waals surface area contributed by atoms with E-state index >= 15 is 0 Å². The molecule has 0 bridgehead atoms. The van der Waals surface area contributed by atoms with Crippen LogP contribution in [0, 0.1) is 0 Å². The van der Waals surface area contributed by atoms with Gasteiger partial charge < -0.3 is 5.11 Å². The number of carbonyl (C=O) groups is 1. The molecule has 2 nitrogen and oxygen atoms in total. The van der Waals surface area contributed by atoms with Gasteiger partial charge in [0.15, 0.2) is 0 Å². The third-order valence-electron chi connectivity index (χ3n) is 2.22. The maximum Gasteiger partial charge on any atom is 0.307 e. The molecule has 0 radical (unpaired) electrons. The monoisotopic (exact) mass is 220 g/mol. The second-order valence-corrected chi connectivity index (χ2v) is 3.21. The van der Waals surface area contributed by atoms with E-state index in [2.05, 4.69) is 0 Å². The van der Waals surface area contributed by atoms with Gasteiger partial charge in [0.1, 0.15) is 0 Å². The van der Waals surface area contributed by atoms with Crippen molar-refractivity contribution in [2.75, 3.05) is 0 Å². The summed E-state index contributed by atoms with van der Waals surface area (Å²) in [5.41, 5.74) is 0.871. The molecule has 0 saturated carbocycles. The summed E-state index contributed by atoms with van der Waals surface area (Å²) in [7, 11) is 0. The lowest BCUT2D eigenvalue weighted by Gasteiger charge is -2.02. The zero-order chi connectivity index (χ0) is 9.97. The summed E-state index contributed by atoms with van der Waals surface area (Å²) >= 11 is 0. The second kappa shape index (κ2) is 4.84. The summed E-state index contributed by atoms with van der Waals surface area (Å²) in [6.07, 6.45) is 0.0847. The van der Waals surface area contributed by atoms with Crippen LogP contribution in [-0.4, -0.2) is 11.1 Å². The molecule has 15 heavy (non-hydrogen) atoms. The molecule has 0 aliphatic carbocycles. The van der Waals surface area contributed by atoms with Crippen molar-refractivity contribution in [2.24, 2.45) is 0 Å². The minimum atomic E-state index is -0.790. The van der Waals surface area contributed by atoms with Crippen LogP contribution in [0.1, 0.15) is 5.56 Å². The molecule has 0 aromatic heterocycles. The van der Waals surface area contributed by atoms with Gasteiger partial charge in [0, 0.05) is 0 Å². The van der Waals surface area contributed by atoms with Crippen LogP contribution in [0.3, 0.4) is 0 Å². The van der Waals surface area contributed by atoms with Crippen LogP contribution in [-0.2, 0) is 11.2 Å². The Morgan fingerprint density at radius 2 is 1.73 bits per heavy atom. The van der Waals surface area contributed by atoms with Crippen LogP contribution in [0.2, 0.25) is 0 Å². The van der Waals surface area contributed by atoms with Crippen LogP contribution in [0.5, 0.6) is 0 Å². The first kappa shape index (κ1) is 11.6. The Hall–Kier alpha value is -1.48. The van der Waals surface area contributed by atoms with Crippen molar-refractivity contribution in [3.05, 3.63) is 48.0 Å². The molecule has 0 fully saturated rings. The number of hydrogen-bond acceptors (Lipinski definition) is 1. The standard InChI is InChI=1S/C12H10O2.H2S/c13-12(14)8-10-6-3-5-9-4-1-2-7-11(9)10;/h1-7H,8H2,(H,13,14);1H2. The highest BCUT2D eigenvalue weighted by Gasteiger charge is 2.03. The normalized spacial score (nSPS) is 9.60. The van der Waals surface area contributed by atoms with Crippen molar-refractivity contribution in [3.63, 3.8) is 0 Å². The molecule has 2 aromatic rings. The summed E-state index contributed by atoms with van der Waals surface area (Å²) in [4.78, 5) is 10.6. The second-order valence-electron chi connectivity index (χ2n) is 3.21. The first-order valence-corrected chi connectivity index (χ1v) is 4.46. The number of fused-ring (bicyclic) bond motifs is 1. The highest BCUT2D eigenvalue weighted by molar-refractivity contribution is 7.59. The SMILES string of the molecule is O=C(O)Cc1cccc2ccccc12.S. The fourth-order valence-corrected chi connectivity index (χ4v) is 1.61. The van der Waals surface area contributed by atoms with Crippen LogP contribution in [0.15, 0.2) is 42.5 Å². The average Bonchev–Trinajstić information content (AvgIpc) is 2.18. The summed E-state index contributed by atoms with van der Waals surface area (Å²) in [6, 6.07) is 13.5. The highest BCUT2D eigenvalue weighted by atomic mass is 32.1. The average molecular weight is 220 g/mol. The van der Waals surface area contributed by atoms with Crippen molar-refractivity contribution in [1.29, 1.82) is 0 Å². The maximum absolute atomic E-state index is 10.6. The predicted molar refractivity (Wildman–Crippen MR) is 65.7 cm³/mol. The Morgan fingerprint density at radius 3 is 2.47 bits per heavy atom. The zero-order valence-corrected chi connectivity index (χ0v) is 9.10. The van der Waals surface area contributed by atoms with E-state index in [1.54, 1.807) is 0 Å². The molecule has 0 amide bonds. The van der Waals surface area contributed by atoms with Crippen molar-refractivity contribution in [3.8, 4) is 0 Å². The Labute approximate surface area is 95.0 Å². The number of rotatable bonds is 2. The van der Waals surface area contributed by atoms with E-state index in [-0.39, 0.29) is 19.9 Å². The summed E-state index contributed by atoms with van der Waals surface area (Å²) < 4.78 is 0. The van der Waals surface area contributed by atoms with Crippen molar-refractivity contribution < 1.29 is 9.90 Å². The molecule has 78 valence electrons. The number of carboxylic acids is 1. The molecule has 0 saturated heterocycles. The molecule has 0 heterocycles. The molecule has 0 unspecified atom stereocenters. The van der Waals surface area contributed by atoms with E-state index in [1.165, 1.54) is 0 Å². The molecule has 0 atom stereocenters. The molecule has 2 rings (SSSR count). The van der Waals surface area contributed by atoms with Crippen molar-refractivity contribution in [1.82, 2.24) is 0 Å². The lowest BCUT2D eigenvalue weighted by Crippen LogP contribution is -2.00. The first-order valence-electron chi connectivity index (χ1n) is 4.46. The maximum atomic E-state index is 10.6. The summed E-state index contributed by atoms with van der Waals surface area (Å²) in [5, 5.41) is 10.8. The summed E-state index contributed by atoms with van der Waals surface area (Å²) in [5.74, 6) is -0.790. The van der Waals surface area contributed by atoms with Crippen molar-refractivity contribution >= 4 is 30.2 Å². The fourth-order valence-electron chi connectivity index (χ4n) is 1.61. The van der Waals surface area contributed by atoms with Gasteiger partial charge in [-0.05, 0) is 16.3 Å². The Bertz CT molecular complexity index is 475. The number of aliphatic carboxylic acids is 1. The molecular weight excluding hydrogens is 208 g/mol. The molecule has 0 spiro atoms. The smallest absolute Gasteiger partial charge is 0.307 e. The quantitative estimate of drug-likeness (QED) is 0.844. The first-order chi connectivity index (χ1) is 6.77. The molecular formula is C12H12O2S. The van der Waals surface area contributed by atoms with Gasteiger partial charge in [0.05, 0.1) is 6.42 Å². The van der Waals surface area contributed by atoms with Crippen LogP contribution in [0.25, 0.3) is 10.8 Å². The van der Waals surface area contributed by atoms with E-state index in [1.807, 2.05) is 42.5 Å². The van der Waals surface area contributed by atoms with Gasteiger partial charge in [-0.15, -0.1) is 0 Å². The lowest BCUT2D eigenvalue weighted by molar-refractivity contribution is -0.136. The largest absolute Gasteiger partial charge is 0.481 e. The molecule has 3 heteroatoms. The van der Waals surface area contributed by atoms with E-state index in [9.17, 15) is 4.79 Å². The van der Waals surface area contributed by atoms with Gasteiger partial charge in [-0.25, -0.2) is 0 Å². The van der Waals surface area contributed by atoms with E-state index in [4.69, 9.17) is 5.11 Å². The Balaban J connectivity index is 0.00000112. The molecule has 0 aliphatic heterocycles. The number of carboxylic acid groups (broad SMARTS) is 1. The van der Waals surface area contributed by atoms with Gasteiger partial charge in [0.2, 0.25) is 0 Å². The minimum Gasteiger partial charge on any atom is -0.481 e. The van der Waals surface area contributed by atoms with Crippen LogP contribution < -0.4 is 0 Å². The highest BCUT2D eigenvalue weighted by Crippen LogP contribution is 2.18. The Kier molecular flexibility index (Phi) is 3.74. The topological polar surface area (TPSA) is 37.3 Å². The number of benzene rings is 2. The Morgan fingerprint density at radius 1 is 1.07 bits per heavy atom. The summed E-state index contributed by atoms with van der Waals surface area (Å²) in [6.45, 7) is 0. The van der Waals surface area contributed by atoms with Crippen LogP contribution >= 0.6 is 13.5 Å². The van der Waals surface area contributed by atoms with Crippen molar-refractivity contribution in [2.45, 2.75) is 6.42 Å². The van der Waals surface area contributed by atoms with E-state index in [0.717, 1.165) is 16.3 Å². The third kappa shape index (κ3) is 2.50. The molecule has 1 N–H and O–H groups in total. The van der Waals surface area contributed by atoms with Gasteiger partial charge >= 0.3 is 5.97 Å². The van der Waals surface area contributed by atoms with Gasteiger partial charge in [0.25, 0.3) is 0 Å². The predicted octanol–water partition coefficient (Wildman–Crippen LogP) is 2.58. The third-order valence-corrected chi connectivity index (χ3v) is 2.22. The van der Waals surface area contributed by atoms with Gasteiger partial charge in [-0.1, -0.05) is 42.5 Å². The van der Waals surface area contributed by atoms with E-state index < -0.39 is 5.97 Å². The van der Waals surface area contributed by atoms with Crippen LogP contribution in [0.4, 0.5) is 0 Å². The minimum absolute atomic E-state index is 0. The van der Waals surface area contributed by atoms with Gasteiger partial charge in [-0.3, -0.25) is 4.79 Å². The molecule has 0 aliphatic rings. The zero-order valence-electron chi connectivity index (χ0n) is 8.10. The molecule has 2 aromatic carbocycles.